The van der Waals surface area contributed by atoms with E-state index >= 15 is 0 Å². The Labute approximate surface area is 391 Å². The summed E-state index contributed by atoms with van der Waals surface area (Å²) in [5.41, 5.74) is 16.7. The van der Waals surface area contributed by atoms with Gasteiger partial charge in [0.2, 0.25) is 0 Å². The van der Waals surface area contributed by atoms with Crippen molar-refractivity contribution >= 4 is 93.5 Å². The van der Waals surface area contributed by atoms with Crippen LogP contribution in [0.5, 0.6) is 0 Å². The Kier molecular flexibility index (Phi) is 8.55. The van der Waals surface area contributed by atoms with Crippen LogP contribution in [0.25, 0.3) is 116 Å². The van der Waals surface area contributed by atoms with Gasteiger partial charge in [-0.1, -0.05) is 158 Å². The Morgan fingerprint density at radius 1 is 0.309 bits per heavy atom. The van der Waals surface area contributed by atoms with Gasteiger partial charge < -0.3 is 18.3 Å². The first kappa shape index (κ1) is 38.2. The molecular weight excluding hydrogens is 829 g/mol. The molecule has 0 aliphatic heterocycles. The Morgan fingerprint density at radius 3 is 1.71 bits per heavy atom. The molecule has 0 N–H and O–H groups in total. The van der Waals surface area contributed by atoms with Crippen molar-refractivity contribution in [2.75, 3.05) is 4.90 Å². The number of nitrogens with zero attached hydrogens (tertiary/aromatic N) is 2. The lowest BCUT2D eigenvalue weighted by Crippen LogP contribution is -2.10. The van der Waals surface area contributed by atoms with E-state index in [2.05, 4.69) is 234 Å². The second-order valence-electron chi connectivity index (χ2n) is 17.7. The number of anilines is 3. The van der Waals surface area contributed by atoms with Gasteiger partial charge in [0.15, 0.2) is 0 Å². The minimum absolute atomic E-state index is 0.858. The molecule has 14 rings (SSSR count). The van der Waals surface area contributed by atoms with E-state index in [-0.39, 0.29) is 0 Å². The quantitative estimate of drug-likeness (QED) is 0.160. The molecule has 4 nitrogen and oxygen atoms in total. The number of hydrogen-bond donors (Lipinski definition) is 0. The van der Waals surface area contributed by atoms with Crippen molar-refractivity contribution in [3.05, 3.63) is 243 Å². The van der Waals surface area contributed by atoms with Crippen LogP contribution >= 0.6 is 0 Å². The molecule has 4 heteroatoms. The van der Waals surface area contributed by atoms with E-state index in [1.54, 1.807) is 0 Å². The molecule has 3 aromatic heterocycles. The van der Waals surface area contributed by atoms with Crippen molar-refractivity contribution in [1.29, 1.82) is 0 Å². The minimum Gasteiger partial charge on any atom is -0.456 e. The number of para-hydroxylation sites is 4. The number of rotatable bonds is 7. The van der Waals surface area contributed by atoms with Crippen molar-refractivity contribution in [3.8, 4) is 39.1 Å². The number of benzene rings is 11. The molecule has 0 bridgehead atoms. The second kappa shape index (κ2) is 15.2. The average molecular weight is 869 g/mol. The van der Waals surface area contributed by atoms with Crippen molar-refractivity contribution in [1.82, 2.24) is 4.57 Å². The first-order valence-electron chi connectivity index (χ1n) is 23.1. The van der Waals surface area contributed by atoms with Crippen molar-refractivity contribution in [2.45, 2.75) is 0 Å². The van der Waals surface area contributed by atoms with Crippen LogP contribution in [-0.4, -0.2) is 4.57 Å². The van der Waals surface area contributed by atoms with Gasteiger partial charge in [-0.15, -0.1) is 0 Å². The predicted octanol–water partition coefficient (Wildman–Crippen LogP) is 18.2. The van der Waals surface area contributed by atoms with Crippen molar-refractivity contribution < 1.29 is 8.83 Å². The molecule has 0 aliphatic rings. The predicted molar refractivity (Wildman–Crippen MR) is 284 cm³/mol. The molecule has 11 aromatic carbocycles. The Morgan fingerprint density at radius 2 is 0.926 bits per heavy atom. The van der Waals surface area contributed by atoms with Gasteiger partial charge in [0.05, 0.1) is 11.0 Å². The normalized spacial score (nSPS) is 11.8. The van der Waals surface area contributed by atoms with E-state index in [4.69, 9.17) is 8.83 Å². The Bertz CT molecular complexity index is 4210. The molecule has 3 heterocycles. The van der Waals surface area contributed by atoms with Crippen LogP contribution in [0.3, 0.4) is 0 Å². The van der Waals surface area contributed by atoms with E-state index < -0.39 is 0 Å². The molecule has 0 fully saturated rings. The lowest BCUT2D eigenvalue weighted by molar-refractivity contribution is 0.669. The van der Waals surface area contributed by atoms with Crippen LogP contribution in [-0.2, 0) is 0 Å². The minimum atomic E-state index is 0.858. The monoisotopic (exact) mass is 868 g/mol. The van der Waals surface area contributed by atoms with Gasteiger partial charge in [0.1, 0.15) is 22.3 Å². The highest BCUT2D eigenvalue weighted by Gasteiger charge is 2.22. The van der Waals surface area contributed by atoms with Gasteiger partial charge in [-0.05, 0) is 124 Å². The average Bonchev–Trinajstić information content (AvgIpc) is 4.09. The van der Waals surface area contributed by atoms with Crippen LogP contribution in [0.2, 0.25) is 0 Å². The van der Waals surface area contributed by atoms with E-state index in [9.17, 15) is 0 Å². The van der Waals surface area contributed by atoms with Crippen LogP contribution in [0.1, 0.15) is 0 Å². The number of hydrogen-bond acceptors (Lipinski definition) is 3. The van der Waals surface area contributed by atoms with Gasteiger partial charge in [0.25, 0.3) is 0 Å². The maximum atomic E-state index is 6.81. The third-order valence-electron chi connectivity index (χ3n) is 13.8. The molecule has 0 radical (unpaired) electrons. The van der Waals surface area contributed by atoms with E-state index in [0.717, 1.165) is 94.4 Å². The summed E-state index contributed by atoms with van der Waals surface area (Å²) in [6.07, 6.45) is 0. The Balaban J connectivity index is 0.962. The smallest absolute Gasteiger partial charge is 0.143 e. The molecule has 68 heavy (non-hydrogen) atoms. The number of furan rings is 2. The standard InChI is InChI=1S/C64H40N2O2/c1-2-14-44-37-45(28-27-41(44)13-1)42-29-33-47(34-30-42)65(49-16-11-15-46(38-49)51-21-12-26-62-63(51)55-20-6-10-25-61(55)67-62)50-39-56(64-57(40-50)54-19-5-9-24-60(54)68-64)43-31-35-48(36-32-43)66-58-22-7-3-17-52(58)53-18-4-8-23-59(53)66/h1-40H. The summed E-state index contributed by atoms with van der Waals surface area (Å²) >= 11 is 0. The van der Waals surface area contributed by atoms with E-state index in [1.165, 1.54) is 38.1 Å². The fourth-order valence-corrected chi connectivity index (χ4v) is 10.6. The first-order chi connectivity index (χ1) is 33.7. The summed E-state index contributed by atoms with van der Waals surface area (Å²) in [5.74, 6) is 0. The summed E-state index contributed by atoms with van der Waals surface area (Å²) < 4.78 is 15.5. The zero-order chi connectivity index (χ0) is 44.7. The van der Waals surface area contributed by atoms with Gasteiger partial charge in [-0.25, -0.2) is 0 Å². The summed E-state index contributed by atoms with van der Waals surface area (Å²) in [7, 11) is 0. The van der Waals surface area contributed by atoms with E-state index in [0.29, 0.717) is 0 Å². The molecule has 0 spiro atoms. The highest BCUT2D eigenvalue weighted by atomic mass is 16.3. The topological polar surface area (TPSA) is 34.5 Å². The lowest BCUT2D eigenvalue weighted by Gasteiger charge is -2.27. The third kappa shape index (κ3) is 6.08. The summed E-state index contributed by atoms with van der Waals surface area (Å²) in [6, 6.07) is 87.1. The van der Waals surface area contributed by atoms with Crippen LogP contribution in [0.4, 0.5) is 17.1 Å². The largest absolute Gasteiger partial charge is 0.456 e. The third-order valence-corrected chi connectivity index (χ3v) is 13.8. The summed E-state index contributed by atoms with van der Waals surface area (Å²) in [6.45, 7) is 0. The lowest BCUT2D eigenvalue weighted by atomic mass is 9.97. The maximum Gasteiger partial charge on any atom is 0.143 e. The molecule has 0 unspecified atom stereocenters. The zero-order valence-corrected chi connectivity index (χ0v) is 36.8. The Hall–Kier alpha value is -9.12. The first-order valence-corrected chi connectivity index (χ1v) is 23.1. The SMILES string of the molecule is c1cc(-c2cccc3oc4ccccc4c23)cc(N(c2ccc(-c3ccc4ccccc4c3)cc2)c2cc(-c3ccc(-n4c5ccccc5c5ccccc54)cc3)c3oc4ccccc4c3c2)c1. The van der Waals surface area contributed by atoms with Crippen LogP contribution in [0.15, 0.2) is 251 Å². The van der Waals surface area contributed by atoms with Crippen molar-refractivity contribution in [2.24, 2.45) is 0 Å². The highest BCUT2D eigenvalue weighted by molar-refractivity contribution is 6.14. The maximum absolute atomic E-state index is 6.81. The van der Waals surface area contributed by atoms with Crippen molar-refractivity contribution in [3.63, 3.8) is 0 Å². The van der Waals surface area contributed by atoms with E-state index in [1.807, 2.05) is 18.2 Å². The molecule has 318 valence electrons. The molecule has 0 atom stereocenters. The molecule has 0 saturated heterocycles. The van der Waals surface area contributed by atoms with Crippen LogP contribution < -0.4 is 4.90 Å². The summed E-state index contributed by atoms with van der Waals surface area (Å²) in [5, 5.41) is 9.30. The zero-order valence-electron chi connectivity index (χ0n) is 36.8. The van der Waals surface area contributed by atoms with Gasteiger partial charge in [0, 0.05) is 60.6 Å². The highest BCUT2D eigenvalue weighted by Crippen LogP contribution is 2.46. The fraction of sp³-hybridized carbons (Fsp3) is 0. The number of aromatic nitrogens is 1. The van der Waals surface area contributed by atoms with Gasteiger partial charge in [-0.2, -0.15) is 0 Å². The summed E-state index contributed by atoms with van der Waals surface area (Å²) in [4.78, 5) is 2.39. The number of fused-ring (bicyclic) bond motifs is 10. The molecular formula is C64H40N2O2. The molecule has 14 aromatic rings. The molecule has 0 amide bonds. The van der Waals surface area contributed by atoms with Gasteiger partial charge in [-0.3, -0.25) is 0 Å². The fourth-order valence-electron chi connectivity index (χ4n) is 10.6. The molecule has 0 aliphatic carbocycles. The second-order valence-corrected chi connectivity index (χ2v) is 17.7. The van der Waals surface area contributed by atoms with Crippen LogP contribution in [0, 0.1) is 0 Å². The van der Waals surface area contributed by atoms with Gasteiger partial charge >= 0.3 is 0 Å². The molecule has 0 saturated carbocycles.